The Morgan fingerprint density at radius 2 is 2.39 bits per heavy atom. The molecule has 1 aromatic rings. The lowest BCUT2D eigenvalue weighted by atomic mass is 9.99. The maximum Gasteiger partial charge on any atom is 0.123 e. The summed E-state index contributed by atoms with van der Waals surface area (Å²) in [6.07, 6.45) is 0.118. The molecule has 0 spiro atoms. The van der Waals surface area contributed by atoms with Crippen LogP contribution in [0.3, 0.4) is 0 Å². The van der Waals surface area contributed by atoms with Crippen LogP contribution in [0.1, 0.15) is 11.6 Å². The molecule has 4 nitrogen and oxygen atoms in total. The molecule has 0 amide bonds. The topological polar surface area (TPSA) is 42.5 Å². The lowest BCUT2D eigenvalue weighted by Gasteiger charge is -2.31. The lowest BCUT2D eigenvalue weighted by Crippen LogP contribution is -2.45. The SMILES string of the molecule is CNC(c1cc(Br)ccc1OC)C1CNCCO1. The van der Waals surface area contributed by atoms with E-state index in [1.54, 1.807) is 7.11 Å². The van der Waals surface area contributed by atoms with Crippen LogP contribution in [0, 0.1) is 0 Å². The summed E-state index contributed by atoms with van der Waals surface area (Å²) in [6, 6.07) is 6.15. The Kier molecular flexibility index (Phi) is 5.00. The van der Waals surface area contributed by atoms with E-state index in [-0.39, 0.29) is 12.1 Å². The molecule has 0 aliphatic carbocycles. The van der Waals surface area contributed by atoms with Crippen molar-refractivity contribution in [2.75, 3.05) is 33.9 Å². The van der Waals surface area contributed by atoms with Gasteiger partial charge in [-0.05, 0) is 25.2 Å². The van der Waals surface area contributed by atoms with E-state index in [0.29, 0.717) is 0 Å². The van der Waals surface area contributed by atoms with Gasteiger partial charge >= 0.3 is 0 Å². The smallest absolute Gasteiger partial charge is 0.123 e. The van der Waals surface area contributed by atoms with E-state index in [1.807, 2.05) is 19.2 Å². The molecule has 1 saturated heterocycles. The number of rotatable bonds is 4. The van der Waals surface area contributed by atoms with Crippen molar-refractivity contribution in [1.82, 2.24) is 10.6 Å². The number of hydrogen-bond donors (Lipinski definition) is 2. The van der Waals surface area contributed by atoms with E-state index >= 15 is 0 Å². The first-order chi connectivity index (χ1) is 8.76. The number of morpholine rings is 1. The van der Waals surface area contributed by atoms with Crippen LogP contribution < -0.4 is 15.4 Å². The zero-order valence-electron chi connectivity index (χ0n) is 10.7. The minimum Gasteiger partial charge on any atom is -0.496 e. The second-order valence-electron chi connectivity index (χ2n) is 4.27. The minimum atomic E-state index is 0.116. The Morgan fingerprint density at radius 1 is 1.56 bits per heavy atom. The van der Waals surface area contributed by atoms with E-state index in [1.165, 1.54) is 0 Å². The zero-order chi connectivity index (χ0) is 13.0. The number of hydrogen-bond acceptors (Lipinski definition) is 4. The van der Waals surface area contributed by atoms with Crippen molar-refractivity contribution < 1.29 is 9.47 Å². The normalized spacial score (nSPS) is 21.6. The molecule has 1 heterocycles. The van der Waals surface area contributed by atoms with E-state index in [4.69, 9.17) is 9.47 Å². The molecule has 1 aliphatic heterocycles. The molecule has 2 unspecified atom stereocenters. The third kappa shape index (κ3) is 3.03. The van der Waals surface area contributed by atoms with Gasteiger partial charge in [-0.2, -0.15) is 0 Å². The van der Waals surface area contributed by atoms with Crippen molar-refractivity contribution in [2.24, 2.45) is 0 Å². The highest BCUT2D eigenvalue weighted by atomic mass is 79.9. The summed E-state index contributed by atoms with van der Waals surface area (Å²) in [6.45, 7) is 2.52. The van der Waals surface area contributed by atoms with Crippen molar-refractivity contribution in [3.8, 4) is 5.75 Å². The monoisotopic (exact) mass is 314 g/mol. The quantitative estimate of drug-likeness (QED) is 0.888. The first-order valence-electron chi connectivity index (χ1n) is 6.09. The van der Waals surface area contributed by atoms with Crippen LogP contribution in [0.2, 0.25) is 0 Å². The highest BCUT2D eigenvalue weighted by molar-refractivity contribution is 9.10. The van der Waals surface area contributed by atoms with Crippen LogP contribution in [0.15, 0.2) is 22.7 Å². The van der Waals surface area contributed by atoms with Gasteiger partial charge in [0.15, 0.2) is 0 Å². The maximum atomic E-state index is 5.83. The highest BCUT2D eigenvalue weighted by Gasteiger charge is 2.27. The molecule has 2 N–H and O–H groups in total. The Labute approximate surface area is 116 Å². The van der Waals surface area contributed by atoms with Gasteiger partial charge in [0.1, 0.15) is 5.75 Å². The molecular formula is C13H19BrN2O2. The second-order valence-corrected chi connectivity index (χ2v) is 5.18. The number of ether oxygens (including phenoxy) is 2. The van der Waals surface area contributed by atoms with Crippen molar-refractivity contribution in [2.45, 2.75) is 12.1 Å². The molecule has 1 fully saturated rings. The fourth-order valence-corrected chi connectivity index (χ4v) is 2.67. The molecule has 0 saturated carbocycles. The average molecular weight is 315 g/mol. The molecule has 1 aromatic carbocycles. The third-order valence-corrected chi connectivity index (χ3v) is 3.66. The Hall–Kier alpha value is -0.620. The predicted molar refractivity (Wildman–Crippen MR) is 75.1 cm³/mol. The van der Waals surface area contributed by atoms with Gasteiger partial charge < -0.3 is 20.1 Å². The number of nitrogens with one attached hydrogen (secondary N) is 2. The van der Waals surface area contributed by atoms with Gasteiger partial charge in [0, 0.05) is 23.1 Å². The summed E-state index contributed by atoms with van der Waals surface area (Å²) >= 11 is 3.51. The average Bonchev–Trinajstić information content (AvgIpc) is 2.41. The summed E-state index contributed by atoms with van der Waals surface area (Å²) in [4.78, 5) is 0. The zero-order valence-corrected chi connectivity index (χ0v) is 12.3. The molecule has 0 bridgehead atoms. The molecule has 100 valence electrons. The van der Waals surface area contributed by atoms with Gasteiger partial charge in [0.2, 0.25) is 0 Å². The van der Waals surface area contributed by atoms with Crippen molar-refractivity contribution in [1.29, 1.82) is 0 Å². The van der Waals surface area contributed by atoms with Crippen LogP contribution in [-0.2, 0) is 4.74 Å². The largest absolute Gasteiger partial charge is 0.496 e. The van der Waals surface area contributed by atoms with Gasteiger partial charge in [-0.15, -0.1) is 0 Å². The third-order valence-electron chi connectivity index (χ3n) is 3.17. The van der Waals surface area contributed by atoms with Crippen LogP contribution in [0.5, 0.6) is 5.75 Å². The number of likely N-dealkylation sites (N-methyl/N-ethyl adjacent to an activating group) is 1. The fraction of sp³-hybridized carbons (Fsp3) is 0.538. The summed E-state index contributed by atoms with van der Waals surface area (Å²) in [5, 5.41) is 6.68. The van der Waals surface area contributed by atoms with Crippen molar-refractivity contribution in [3.05, 3.63) is 28.2 Å². The first-order valence-corrected chi connectivity index (χ1v) is 6.88. The van der Waals surface area contributed by atoms with Crippen molar-refractivity contribution >= 4 is 15.9 Å². The molecule has 0 aromatic heterocycles. The van der Waals surface area contributed by atoms with Gasteiger partial charge in [-0.1, -0.05) is 15.9 Å². The van der Waals surface area contributed by atoms with Gasteiger partial charge in [0.05, 0.1) is 25.9 Å². The molecule has 5 heteroatoms. The summed E-state index contributed by atoms with van der Waals surface area (Å²) in [5.41, 5.74) is 1.11. The van der Waals surface area contributed by atoms with Gasteiger partial charge in [0.25, 0.3) is 0 Å². The number of halogens is 1. The molecular weight excluding hydrogens is 296 g/mol. The maximum absolute atomic E-state index is 5.83. The lowest BCUT2D eigenvalue weighted by molar-refractivity contribution is 0.00490. The second kappa shape index (κ2) is 6.52. The first kappa shape index (κ1) is 13.8. The fourth-order valence-electron chi connectivity index (χ4n) is 2.29. The summed E-state index contributed by atoms with van der Waals surface area (Å²) in [5.74, 6) is 0.881. The number of methoxy groups -OCH3 is 1. The van der Waals surface area contributed by atoms with Crippen LogP contribution in [-0.4, -0.2) is 40.0 Å². The van der Waals surface area contributed by atoms with E-state index in [0.717, 1.165) is 35.5 Å². The molecule has 1 aliphatic rings. The molecule has 2 rings (SSSR count). The molecule has 2 atom stereocenters. The van der Waals surface area contributed by atoms with E-state index < -0.39 is 0 Å². The van der Waals surface area contributed by atoms with Crippen LogP contribution >= 0.6 is 15.9 Å². The number of benzene rings is 1. The Balaban J connectivity index is 2.27. The summed E-state index contributed by atoms with van der Waals surface area (Å²) in [7, 11) is 3.64. The minimum absolute atomic E-state index is 0.116. The predicted octanol–water partition coefficient (Wildman–Crippen LogP) is 1.71. The molecule has 18 heavy (non-hydrogen) atoms. The van der Waals surface area contributed by atoms with E-state index in [2.05, 4.69) is 32.6 Å². The van der Waals surface area contributed by atoms with Crippen LogP contribution in [0.25, 0.3) is 0 Å². The van der Waals surface area contributed by atoms with Crippen molar-refractivity contribution in [3.63, 3.8) is 0 Å². The van der Waals surface area contributed by atoms with Gasteiger partial charge in [-0.25, -0.2) is 0 Å². The Morgan fingerprint density at radius 3 is 3.00 bits per heavy atom. The Bertz CT molecular complexity index is 395. The highest BCUT2D eigenvalue weighted by Crippen LogP contribution is 2.31. The van der Waals surface area contributed by atoms with E-state index in [9.17, 15) is 0 Å². The summed E-state index contributed by atoms with van der Waals surface area (Å²) < 4.78 is 12.3. The van der Waals surface area contributed by atoms with Crippen LogP contribution in [0.4, 0.5) is 0 Å². The standard InChI is InChI=1S/C13H19BrN2O2/c1-15-13(12-8-16-5-6-18-12)10-7-9(14)3-4-11(10)17-2/h3-4,7,12-13,15-16H,5-6,8H2,1-2H3. The molecule has 0 radical (unpaired) electrons. The van der Waals surface area contributed by atoms with Gasteiger partial charge in [-0.3, -0.25) is 0 Å².